The number of nitrogen functional groups attached to an aromatic ring is 1. The Bertz CT molecular complexity index is 590. The van der Waals surface area contributed by atoms with Crippen molar-refractivity contribution in [3.05, 3.63) is 53.0 Å². The molecule has 0 unspecified atom stereocenters. The van der Waals surface area contributed by atoms with E-state index in [0.717, 1.165) is 17.1 Å². The molecule has 1 aromatic carbocycles. The van der Waals surface area contributed by atoms with E-state index in [2.05, 4.69) is 10.7 Å². The third-order valence-corrected chi connectivity index (χ3v) is 2.79. The largest absolute Gasteiger partial charge is 0.465 e. The van der Waals surface area contributed by atoms with E-state index in [-0.39, 0.29) is 5.91 Å². The maximum absolute atomic E-state index is 12.1. The summed E-state index contributed by atoms with van der Waals surface area (Å²) in [5, 5.41) is 2.80. The van der Waals surface area contributed by atoms with Gasteiger partial charge in [0.05, 0.1) is 17.8 Å². The van der Waals surface area contributed by atoms with Crippen LogP contribution in [0.5, 0.6) is 0 Å². The van der Waals surface area contributed by atoms with Crippen molar-refractivity contribution in [3.8, 4) is 0 Å². The molecule has 0 saturated heterocycles. The lowest BCUT2D eigenvalue weighted by molar-refractivity contribution is 0.0948. The number of hydrazine groups is 1. The van der Waals surface area contributed by atoms with Gasteiger partial charge in [-0.2, -0.15) is 0 Å². The van der Waals surface area contributed by atoms with Crippen LogP contribution in [0, 0.1) is 13.8 Å². The van der Waals surface area contributed by atoms with E-state index in [1.807, 2.05) is 32.0 Å². The minimum Gasteiger partial charge on any atom is -0.465 e. The fraction of sp³-hybridized carbons (Fsp3) is 0.214. The van der Waals surface area contributed by atoms with Crippen molar-refractivity contribution in [1.29, 1.82) is 0 Å². The van der Waals surface area contributed by atoms with Gasteiger partial charge in [0, 0.05) is 0 Å². The van der Waals surface area contributed by atoms with Crippen LogP contribution in [-0.2, 0) is 6.54 Å². The fourth-order valence-corrected chi connectivity index (χ4v) is 1.81. The van der Waals surface area contributed by atoms with Gasteiger partial charge in [0.15, 0.2) is 0 Å². The highest BCUT2D eigenvalue weighted by atomic mass is 16.3. The topological polar surface area (TPSA) is 80.3 Å². The number of anilines is 1. The van der Waals surface area contributed by atoms with E-state index in [4.69, 9.17) is 10.3 Å². The van der Waals surface area contributed by atoms with Crippen LogP contribution in [0.1, 0.15) is 27.4 Å². The summed E-state index contributed by atoms with van der Waals surface area (Å²) in [5.41, 5.74) is 4.64. The average molecular weight is 259 g/mol. The molecule has 0 aliphatic heterocycles. The van der Waals surface area contributed by atoms with Crippen LogP contribution >= 0.6 is 0 Å². The van der Waals surface area contributed by atoms with E-state index in [1.165, 1.54) is 0 Å². The fourth-order valence-electron chi connectivity index (χ4n) is 1.81. The molecule has 0 spiro atoms. The number of rotatable bonds is 4. The summed E-state index contributed by atoms with van der Waals surface area (Å²) in [7, 11) is 0. The highest BCUT2D eigenvalue weighted by Crippen LogP contribution is 2.16. The molecule has 5 nitrogen and oxygen atoms in total. The molecule has 2 aromatic rings. The highest BCUT2D eigenvalue weighted by Gasteiger charge is 2.11. The van der Waals surface area contributed by atoms with Crippen molar-refractivity contribution >= 4 is 11.6 Å². The van der Waals surface area contributed by atoms with E-state index < -0.39 is 0 Å². The van der Waals surface area contributed by atoms with Crippen molar-refractivity contribution in [2.75, 3.05) is 5.43 Å². The molecule has 0 radical (unpaired) electrons. The Morgan fingerprint density at radius 3 is 2.68 bits per heavy atom. The molecule has 19 heavy (non-hydrogen) atoms. The summed E-state index contributed by atoms with van der Waals surface area (Å²) in [5.74, 6) is 6.76. The van der Waals surface area contributed by atoms with Gasteiger partial charge in [-0.15, -0.1) is 0 Å². The quantitative estimate of drug-likeness (QED) is 0.580. The lowest BCUT2D eigenvalue weighted by Crippen LogP contribution is -2.24. The van der Waals surface area contributed by atoms with Gasteiger partial charge in [0.2, 0.25) is 0 Å². The second kappa shape index (κ2) is 5.58. The number of furan rings is 1. The van der Waals surface area contributed by atoms with E-state index in [0.29, 0.717) is 17.8 Å². The number of nitrogens with one attached hydrogen (secondary N) is 2. The Morgan fingerprint density at radius 2 is 2.05 bits per heavy atom. The number of benzene rings is 1. The molecule has 0 saturated carbocycles. The third kappa shape index (κ3) is 3.14. The molecular formula is C14H17N3O2. The Hall–Kier alpha value is -2.27. The second-order valence-corrected chi connectivity index (χ2v) is 4.39. The molecule has 0 atom stereocenters. The summed E-state index contributed by atoms with van der Waals surface area (Å²) < 4.78 is 5.40. The third-order valence-electron chi connectivity index (χ3n) is 2.79. The number of amides is 1. The van der Waals surface area contributed by atoms with Crippen molar-refractivity contribution in [2.24, 2.45) is 5.84 Å². The molecule has 4 N–H and O–H groups in total. The molecule has 5 heteroatoms. The van der Waals surface area contributed by atoms with Crippen molar-refractivity contribution in [3.63, 3.8) is 0 Å². The number of carbonyl (C=O) groups excluding carboxylic acids is 1. The summed E-state index contributed by atoms with van der Waals surface area (Å²) in [4.78, 5) is 12.1. The van der Waals surface area contributed by atoms with Crippen LogP contribution in [-0.4, -0.2) is 5.91 Å². The Kier molecular flexibility index (Phi) is 3.87. The minimum atomic E-state index is -0.189. The van der Waals surface area contributed by atoms with Crippen molar-refractivity contribution in [2.45, 2.75) is 20.4 Å². The van der Waals surface area contributed by atoms with Gasteiger partial charge in [-0.05, 0) is 38.1 Å². The monoisotopic (exact) mass is 259 g/mol. The first-order chi connectivity index (χ1) is 9.10. The molecule has 0 aliphatic carbocycles. The van der Waals surface area contributed by atoms with Crippen molar-refractivity contribution in [1.82, 2.24) is 5.32 Å². The zero-order valence-corrected chi connectivity index (χ0v) is 11.0. The first-order valence-electron chi connectivity index (χ1n) is 6.01. The van der Waals surface area contributed by atoms with E-state index >= 15 is 0 Å². The van der Waals surface area contributed by atoms with Crippen LogP contribution < -0.4 is 16.6 Å². The number of carbonyl (C=O) groups is 1. The summed E-state index contributed by atoms with van der Waals surface area (Å²) >= 11 is 0. The van der Waals surface area contributed by atoms with Crippen LogP contribution in [0.4, 0.5) is 5.69 Å². The minimum absolute atomic E-state index is 0.189. The van der Waals surface area contributed by atoms with Crippen LogP contribution in [0.25, 0.3) is 0 Å². The molecule has 1 amide bonds. The van der Waals surface area contributed by atoms with Gasteiger partial charge in [-0.25, -0.2) is 0 Å². The van der Waals surface area contributed by atoms with Gasteiger partial charge in [0.1, 0.15) is 11.5 Å². The molecule has 0 fully saturated rings. The average Bonchev–Trinajstić information content (AvgIpc) is 2.81. The van der Waals surface area contributed by atoms with Gasteiger partial charge in [0.25, 0.3) is 5.91 Å². The lowest BCUT2D eigenvalue weighted by Gasteiger charge is -2.09. The maximum Gasteiger partial charge on any atom is 0.253 e. The molecule has 0 aliphatic rings. The van der Waals surface area contributed by atoms with E-state index in [9.17, 15) is 4.79 Å². The Morgan fingerprint density at radius 1 is 1.26 bits per heavy atom. The first-order valence-corrected chi connectivity index (χ1v) is 6.01. The first kappa shape index (κ1) is 13.2. The normalized spacial score (nSPS) is 10.3. The number of hydrogen-bond acceptors (Lipinski definition) is 4. The summed E-state index contributed by atoms with van der Waals surface area (Å²) in [6, 6.07) is 9.16. The zero-order valence-electron chi connectivity index (χ0n) is 11.0. The highest BCUT2D eigenvalue weighted by molar-refractivity contribution is 5.99. The molecule has 1 aromatic heterocycles. The zero-order chi connectivity index (χ0) is 13.8. The Balaban J connectivity index is 2.09. The standard InChI is InChI=1S/C14H17N3O2/c1-9-3-6-13(17-15)12(7-9)14(18)16-8-11-5-4-10(2)19-11/h3-7,17H,8,15H2,1-2H3,(H,16,18). The summed E-state index contributed by atoms with van der Waals surface area (Å²) in [6.07, 6.45) is 0. The van der Waals surface area contributed by atoms with Gasteiger partial charge < -0.3 is 15.2 Å². The van der Waals surface area contributed by atoms with Crippen LogP contribution in [0.3, 0.4) is 0 Å². The van der Waals surface area contributed by atoms with Gasteiger partial charge in [-0.1, -0.05) is 11.6 Å². The molecule has 0 bridgehead atoms. The second-order valence-electron chi connectivity index (χ2n) is 4.39. The molecule has 2 rings (SSSR count). The lowest BCUT2D eigenvalue weighted by atomic mass is 10.1. The number of nitrogens with two attached hydrogens (primary N) is 1. The predicted octanol–water partition coefficient (Wildman–Crippen LogP) is 2.11. The molecular weight excluding hydrogens is 242 g/mol. The van der Waals surface area contributed by atoms with Crippen LogP contribution in [0.15, 0.2) is 34.7 Å². The van der Waals surface area contributed by atoms with Gasteiger partial charge >= 0.3 is 0 Å². The Labute approximate surface area is 111 Å². The van der Waals surface area contributed by atoms with Gasteiger partial charge in [-0.3, -0.25) is 10.6 Å². The smallest absolute Gasteiger partial charge is 0.253 e. The predicted molar refractivity (Wildman–Crippen MR) is 73.6 cm³/mol. The SMILES string of the molecule is Cc1ccc(NN)c(C(=O)NCc2ccc(C)o2)c1. The van der Waals surface area contributed by atoms with Crippen LogP contribution in [0.2, 0.25) is 0 Å². The van der Waals surface area contributed by atoms with E-state index in [1.54, 1.807) is 12.1 Å². The molecule has 100 valence electrons. The number of aryl methyl sites for hydroxylation is 2. The molecule has 1 heterocycles. The summed E-state index contributed by atoms with van der Waals surface area (Å²) in [6.45, 7) is 4.14. The van der Waals surface area contributed by atoms with Crippen molar-refractivity contribution < 1.29 is 9.21 Å². The number of hydrogen-bond donors (Lipinski definition) is 3. The maximum atomic E-state index is 12.1.